The molecule has 4 nitrogen and oxygen atoms in total. The average Bonchev–Trinajstić information content (AvgIpc) is 2.71. The molecule has 0 unspecified atom stereocenters. The number of benzene rings is 1. The number of nitrogens with two attached hydrogens (primary N) is 1. The summed E-state index contributed by atoms with van der Waals surface area (Å²) in [4.78, 5) is 23.4. The maximum absolute atomic E-state index is 12.0. The molecule has 104 valence electrons. The van der Waals surface area contributed by atoms with Crippen LogP contribution in [0, 0.1) is 0 Å². The van der Waals surface area contributed by atoms with Crippen molar-refractivity contribution in [2.45, 2.75) is 6.42 Å². The number of amides is 2. The fraction of sp³-hybridized carbons (Fsp3) is 0.0769. The van der Waals surface area contributed by atoms with E-state index in [2.05, 4.69) is 37.2 Å². The van der Waals surface area contributed by atoms with Crippen LogP contribution in [0.25, 0.3) is 0 Å². The minimum atomic E-state index is -0.380. The fourth-order valence-corrected chi connectivity index (χ4v) is 3.49. The van der Waals surface area contributed by atoms with Crippen molar-refractivity contribution in [3.05, 3.63) is 49.0 Å². The lowest BCUT2D eigenvalue weighted by molar-refractivity contribution is -0.117. The minimum Gasteiger partial charge on any atom is -0.369 e. The first kappa shape index (κ1) is 15.2. The van der Waals surface area contributed by atoms with E-state index in [-0.39, 0.29) is 18.2 Å². The average molecular weight is 418 g/mol. The van der Waals surface area contributed by atoms with Crippen molar-refractivity contribution in [1.29, 1.82) is 0 Å². The predicted octanol–water partition coefficient (Wildman–Crippen LogP) is 3.55. The third-order valence-corrected chi connectivity index (χ3v) is 5.71. The third-order valence-electron chi connectivity index (χ3n) is 2.46. The van der Waals surface area contributed by atoms with Gasteiger partial charge in [0.2, 0.25) is 5.91 Å². The van der Waals surface area contributed by atoms with E-state index < -0.39 is 0 Å². The molecule has 0 atom stereocenters. The highest BCUT2D eigenvalue weighted by Gasteiger charge is 2.12. The zero-order chi connectivity index (χ0) is 14.7. The number of primary amides is 1. The number of halogens is 2. The molecule has 7 heteroatoms. The number of carbonyl (C=O) groups excluding carboxylic acids is 2. The van der Waals surface area contributed by atoms with Crippen LogP contribution in [-0.2, 0) is 11.2 Å². The maximum Gasteiger partial charge on any atom is 0.265 e. The van der Waals surface area contributed by atoms with Crippen molar-refractivity contribution in [2.75, 3.05) is 5.32 Å². The Morgan fingerprint density at radius 1 is 1.20 bits per heavy atom. The molecule has 0 aliphatic rings. The normalized spacial score (nSPS) is 10.3. The molecule has 1 aromatic carbocycles. The van der Waals surface area contributed by atoms with E-state index in [9.17, 15) is 9.59 Å². The van der Waals surface area contributed by atoms with E-state index in [1.54, 1.807) is 30.3 Å². The molecule has 2 amide bonds. The van der Waals surface area contributed by atoms with Crippen LogP contribution < -0.4 is 11.1 Å². The molecule has 1 aromatic heterocycles. The van der Waals surface area contributed by atoms with Gasteiger partial charge in [0.25, 0.3) is 5.91 Å². The van der Waals surface area contributed by atoms with Gasteiger partial charge >= 0.3 is 0 Å². The molecule has 0 bridgehead atoms. The van der Waals surface area contributed by atoms with Gasteiger partial charge in [-0.15, -0.1) is 11.3 Å². The third kappa shape index (κ3) is 3.91. The summed E-state index contributed by atoms with van der Waals surface area (Å²) in [5.74, 6) is -0.556. The summed E-state index contributed by atoms with van der Waals surface area (Å²) in [6.07, 6.45) is 0.193. The van der Waals surface area contributed by atoms with Crippen molar-refractivity contribution < 1.29 is 9.59 Å². The predicted molar refractivity (Wildman–Crippen MR) is 87.0 cm³/mol. The van der Waals surface area contributed by atoms with Crippen LogP contribution in [0.5, 0.6) is 0 Å². The lowest BCUT2D eigenvalue weighted by Crippen LogP contribution is -2.14. The molecule has 0 spiro atoms. The van der Waals surface area contributed by atoms with Crippen LogP contribution in [0.2, 0.25) is 0 Å². The second kappa shape index (κ2) is 6.51. The van der Waals surface area contributed by atoms with E-state index in [0.29, 0.717) is 10.6 Å². The minimum absolute atomic E-state index is 0.177. The zero-order valence-corrected chi connectivity index (χ0v) is 14.1. The molecular weight excluding hydrogens is 408 g/mol. The molecule has 3 N–H and O–H groups in total. The Kier molecular flexibility index (Phi) is 4.95. The van der Waals surface area contributed by atoms with Crippen molar-refractivity contribution in [3.8, 4) is 0 Å². The Balaban J connectivity index is 2.06. The van der Waals surface area contributed by atoms with Gasteiger partial charge in [-0.1, -0.05) is 12.1 Å². The molecule has 20 heavy (non-hydrogen) atoms. The Bertz CT molecular complexity index is 633. The largest absolute Gasteiger partial charge is 0.369 e. The number of hydrogen-bond donors (Lipinski definition) is 2. The van der Waals surface area contributed by atoms with Crippen molar-refractivity contribution in [1.82, 2.24) is 0 Å². The van der Waals surface area contributed by atoms with Gasteiger partial charge in [0.05, 0.1) is 15.1 Å². The van der Waals surface area contributed by atoms with Gasteiger partial charge < -0.3 is 11.1 Å². The highest BCUT2D eigenvalue weighted by Crippen LogP contribution is 2.32. The van der Waals surface area contributed by atoms with Gasteiger partial charge in [-0.05, 0) is 55.6 Å². The lowest BCUT2D eigenvalue weighted by atomic mass is 10.1. The Morgan fingerprint density at radius 3 is 2.35 bits per heavy atom. The first-order valence-electron chi connectivity index (χ1n) is 5.59. The Hall–Kier alpha value is -1.18. The monoisotopic (exact) mass is 416 g/mol. The number of thiophene rings is 1. The van der Waals surface area contributed by atoms with Crippen molar-refractivity contribution in [2.24, 2.45) is 5.73 Å². The van der Waals surface area contributed by atoms with Gasteiger partial charge in [-0.25, -0.2) is 0 Å². The molecule has 0 radical (unpaired) electrons. The molecular formula is C13H10Br2N2O2S. The first-order chi connectivity index (χ1) is 9.45. The molecule has 0 aliphatic heterocycles. The van der Waals surface area contributed by atoms with Crippen molar-refractivity contribution >= 4 is 60.7 Å². The summed E-state index contributed by atoms with van der Waals surface area (Å²) in [5.41, 5.74) is 6.61. The summed E-state index contributed by atoms with van der Waals surface area (Å²) in [6.45, 7) is 0. The zero-order valence-electron chi connectivity index (χ0n) is 10.2. The van der Waals surface area contributed by atoms with Crippen LogP contribution >= 0.6 is 43.2 Å². The first-order valence-corrected chi connectivity index (χ1v) is 7.99. The SMILES string of the molecule is NC(=O)Cc1ccc(NC(=O)c2cc(Br)c(Br)s2)cc1. The van der Waals surface area contributed by atoms with E-state index in [4.69, 9.17) is 5.73 Å². The van der Waals surface area contributed by atoms with Gasteiger partial charge in [0.1, 0.15) is 0 Å². The molecule has 1 heterocycles. The number of carbonyl (C=O) groups is 2. The molecule has 0 aliphatic carbocycles. The van der Waals surface area contributed by atoms with Crippen LogP contribution in [0.1, 0.15) is 15.2 Å². The maximum atomic E-state index is 12.0. The van der Waals surface area contributed by atoms with Crippen LogP contribution in [0.4, 0.5) is 5.69 Å². The molecule has 0 fully saturated rings. The summed E-state index contributed by atoms with van der Waals surface area (Å²) in [5, 5.41) is 2.79. The lowest BCUT2D eigenvalue weighted by Gasteiger charge is -2.04. The summed E-state index contributed by atoms with van der Waals surface area (Å²) in [6, 6.07) is 8.77. The standard InChI is InChI=1S/C13H10Br2N2O2S/c14-9-6-10(20-12(9)15)13(19)17-8-3-1-7(2-4-8)5-11(16)18/h1-4,6H,5H2,(H2,16,18)(H,17,19). The fourth-order valence-electron chi connectivity index (χ4n) is 1.56. The second-order valence-corrected chi connectivity index (χ2v) is 7.25. The van der Waals surface area contributed by atoms with Gasteiger partial charge in [-0.2, -0.15) is 0 Å². The van der Waals surface area contributed by atoms with Gasteiger partial charge in [-0.3, -0.25) is 9.59 Å². The number of anilines is 1. The van der Waals surface area contributed by atoms with E-state index in [1.807, 2.05) is 0 Å². The summed E-state index contributed by atoms with van der Waals surface area (Å²) >= 11 is 8.04. The number of rotatable bonds is 4. The van der Waals surface area contributed by atoms with Gasteiger partial charge in [0, 0.05) is 10.2 Å². The highest BCUT2D eigenvalue weighted by molar-refractivity contribution is 9.13. The van der Waals surface area contributed by atoms with Gasteiger partial charge in [0.15, 0.2) is 0 Å². The van der Waals surface area contributed by atoms with Crippen molar-refractivity contribution in [3.63, 3.8) is 0 Å². The Labute approximate surface area is 136 Å². The number of nitrogens with one attached hydrogen (secondary N) is 1. The topological polar surface area (TPSA) is 72.2 Å². The van der Waals surface area contributed by atoms with E-state index in [1.165, 1.54) is 11.3 Å². The Morgan fingerprint density at radius 2 is 1.85 bits per heavy atom. The summed E-state index contributed by atoms with van der Waals surface area (Å²) < 4.78 is 1.73. The smallest absolute Gasteiger partial charge is 0.265 e. The number of hydrogen-bond acceptors (Lipinski definition) is 3. The molecule has 0 saturated heterocycles. The summed E-state index contributed by atoms with van der Waals surface area (Å²) in [7, 11) is 0. The van der Waals surface area contributed by atoms with Crippen LogP contribution in [-0.4, -0.2) is 11.8 Å². The highest BCUT2D eigenvalue weighted by atomic mass is 79.9. The quantitative estimate of drug-likeness (QED) is 0.798. The van der Waals surface area contributed by atoms with E-state index >= 15 is 0 Å². The molecule has 0 saturated carbocycles. The molecule has 2 aromatic rings. The van der Waals surface area contributed by atoms with E-state index in [0.717, 1.165) is 13.8 Å². The van der Waals surface area contributed by atoms with Crippen LogP contribution in [0.3, 0.4) is 0 Å². The van der Waals surface area contributed by atoms with Crippen LogP contribution in [0.15, 0.2) is 38.6 Å². The molecule has 2 rings (SSSR count). The second-order valence-electron chi connectivity index (χ2n) is 4.03.